The van der Waals surface area contributed by atoms with Gasteiger partial charge in [0.25, 0.3) is 0 Å². The maximum atomic E-state index is 6.02. The van der Waals surface area contributed by atoms with Gasteiger partial charge >= 0.3 is 0 Å². The van der Waals surface area contributed by atoms with Gasteiger partial charge in [-0.3, -0.25) is 4.98 Å². The highest BCUT2D eigenvalue weighted by molar-refractivity contribution is 5.98. The molecule has 0 amide bonds. The second-order valence-corrected chi connectivity index (χ2v) is 5.02. The Morgan fingerprint density at radius 2 is 2.26 bits per heavy atom. The summed E-state index contributed by atoms with van der Waals surface area (Å²) < 4.78 is 5.49. The Hall–Kier alpha value is -1.81. The van der Waals surface area contributed by atoms with Crippen molar-refractivity contribution in [2.75, 3.05) is 30.8 Å². The highest BCUT2D eigenvalue weighted by Gasteiger charge is 2.21. The van der Waals surface area contributed by atoms with Crippen molar-refractivity contribution < 1.29 is 4.74 Å². The summed E-state index contributed by atoms with van der Waals surface area (Å²) in [6.45, 7) is 1.97. The Kier molecular flexibility index (Phi) is 3.25. The smallest absolute Gasteiger partial charge is 0.0955 e. The van der Waals surface area contributed by atoms with E-state index in [-0.39, 0.29) is 0 Å². The fraction of sp³-hybridized carbons (Fsp3) is 0.400. The van der Waals surface area contributed by atoms with Gasteiger partial charge < -0.3 is 15.4 Å². The number of nitrogens with zero attached hydrogens (tertiary/aromatic N) is 2. The largest absolute Gasteiger partial charge is 0.398 e. The summed E-state index contributed by atoms with van der Waals surface area (Å²) in [7, 11) is 1.79. The lowest BCUT2D eigenvalue weighted by atomic mass is 10.1. The summed E-state index contributed by atoms with van der Waals surface area (Å²) in [5.74, 6) is 0. The molecule has 0 spiro atoms. The molecule has 1 aliphatic rings. The van der Waals surface area contributed by atoms with Gasteiger partial charge in [-0.2, -0.15) is 0 Å². The third-order valence-corrected chi connectivity index (χ3v) is 3.83. The molecular formula is C15H19N3O. The molecule has 1 aromatic carbocycles. The molecule has 0 aliphatic carbocycles. The second kappa shape index (κ2) is 5.05. The van der Waals surface area contributed by atoms with E-state index in [1.807, 2.05) is 24.4 Å². The van der Waals surface area contributed by atoms with Crippen LogP contribution in [0.15, 0.2) is 30.5 Å². The zero-order valence-corrected chi connectivity index (χ0v) is 11.2. The monoisotopic (exact) mass is 257 g/mol. The summed E-state index contributed by atoms with van der Waals surface area (Å²) in [4.78, 5) is 6.86. The van der Waals surface area contributed by atoms with Crippen LogP contribution in [0.25, 0.3) is 10.9 Å². The summed E-state index contributed by atoms with van der Waals surface area (Å²) in [5, 5.41) is 1.03. The molecule has 2 heterocycles. The minimum atomic E-state index is 0.310. The summed E-state index contributed by atoms with van der Waals surface area (Å²) in [6.07, 6.45) is 4.41. The van der Waals surface area contributed by atoms with Gasteiger partial charge in [-0.05, 0) is 37.1 Å². The van der Waals surface area contributed by atoms with E-state index >= 15 is 0 Å². The number of benzene rings is 1. The summed E-state index contributed by atoms with van der Waals surface area (Å²) >= 11 is 0. The molecule has 1 fully saturated rings. The molecule has 4 heteroatoms. The molecule has 0 bridgehead atoms. The number of piperidine rings is 1. The van der Waals surface area contributed by atoms with Crippen molar-refractivity contribution in [1.29, 1.82) is 0 Å². The molecule has 2 aromatic rings. The number of hydrogen-bond acceptors (Lipinski definition) is 4. The topological polar surface area (TPSA) is 51.4 Å². The van der Waals surface area contributed by atoms with Gasteiger partial charge in [0, 0.05) is 37.5 Å². The quantitative estimate of drug-likeness (QED) is 0.839. The molecule has 3 rings (SSSR count). The first-order valence-corrected chi connectivity index (χ1v) is 6.70. The average Bonchev–Trinajstić information content (AvgIpc) is 2.48. The predicted molar refractivity (Wildman–Crippen MR) is 78.4 cm³/mol. The van der Waals surface area contributed by atoms with Crippen LogP contribution in [0.2, 0.25) is 0 Å². The van der Waals surface area contributed by atoms with Crippen LogP contribution in [-0.4, -0.2) is 31.3 Å². The lowest BCUT2D eigenvalue weighted by Crippen LogP contribution is -2.39. The van der Waals surface area contributed by atoms with Gasteiger partial charge in [-0.1, -0.05) is 0 Å². The molecule has 19 heavy (non-hydrogen) atoms. The van der Waals surface area contributed by atoms with E-state index in [1.54, 1.807) is 7.11 Å². The highest BCUT2D eigenvalue weighted by atomic mass is 16.5. The van der Waals surface area contributed by atoms with Crippen LogP contribution in [0, 0.1) is 0 Å². The van der Waals surface area contributed by atoms with Crippen LogP contribution in [0.5, 0.6) is 0 Å². The maximum Gasteiger partial charge on any atom is 0.0955 e. The minimum Gasteiger partial charge on any atom is -0.398 e. The standard InChI is InChI=1S/C15H19N3O/c1-19-11-4-3-9-18(10-11)14-7-6-13(16)12-5-2-8-17-15(12)14/h2,5-8,11H,3-4,9-10,16H2,1H3. The molecular weight excluding hydrogens is 238 g/mol. The van der Waals surface area contributed by atoms with Crippen molar-refractivity contribution in [2.24, 2.45) is 0 Å². The molecule has 1 unspecified atom stereocenters. The van der Waals surface area contributed by atoms with Crippen LogP contribution in [0.4, 0.5) is 11.4 Å². The summed E-state index contributed by atoms with van der Waals surface area (Å²) in [5.41, 5.74) is 8.95. The predicted octanol–water partition coefficient (Wildman–Crippen LogP) is 2.43. The van der Waals surface area contributed by atoms with Crippen LogP contribution in [0.3, 0.4) is 0 Å². The Morgan fingerprint density at radius 1 is 1.37 bits per heavy atom. The number of aromatic nitrogens is 1. The third kappa shape index (κ3) is 2.24. The molecule has 100 valence electrons. The van der Waals surface area contributed by atoms with Gasteiger partial charge in [0.15, 0.2) is 0 Å². The van der Waals surface area contributed by atoms with Crippen molar-refractivity contribution in [3.63, 3.8) is 0 Å². The van der Waals surface area contributed by atoms with E-state index in [2.05, 4.69) is 16.0 Å². The first kappa shape index (κ1) is 12.2. The molecule has 0 saturated carbocycles. The van der Waals surface area contributed by atoms with Gasteiger partial charge in [0.05, 0.1) is 17.3 Å². The lowest BCUT2D eigenvalue weighted by Gasteiger charge is -2.34. The minimum absolute atomic E-state index is 0.310. The van der Waals surface area contributed by atoms with E-state index in [9.17, 15) is 0 Å². The van der Waals surface area contributed by atoms with E-state index in [1.165, 1.54) is 0 Å². The van der Waals surface area contributed by atoms with Crippen molar-refractivity contribution in [1.82, 2.24) is 4.98 Å². The highest BCUT2D eigenvalue weighted by Crippen LogP contribution is 2.31. The van der Waals surface area contributed by atoms with Crippen molar-refractivity contribution in [2.45, 2.75) is 18.9 Å². The molecule has 1 atom stereocenters. The van der Waals surface area contributed by atoms with E-state index in [0.29, 0.717) is 6.10 Å². The van der Waals surface area contributed by atoms with Crippen molar-refractivity contribution in [3.8, 4) is 0 Å². The van der Waals surface area contributed by atoms with Gasteiger partial charge in [-0.25, -0.2) is 0 Å². The number of hydrogen-bond donors (Lipinski definition) is 1. The Balaban J connectivity index is 2.03. The van der Waals surface area contributed by atoms with Crippen LogP contribution >= 0.6 is 0 Å². The zero-order valence-electron chi connectivity index (χ0n) is 11.2. The second-order valence-electron chi connectivity index (χ2n) is 5.02. The first-order chi connectivity index (χ1) is 9.29. The van der Waals surface area contributed by atoms with E-state index < -0.39 is 0 Å². The summed E-state index contributed by atoms with van der Waals surface area (Å²) in [6, 6.07) is 7.99. The van der Waals surface area contributed by atoms with Gasteiger partial charge in [-0.15, -0.1) is 0 Å². The lowest BCUT2D eigenvalue weighted by molar-refractivity contribution is 0.0894. The maximum absolute atomic E-state index is 6.02. The molecule has 1 aromatic heterocycles. The first-order valence-electron chi connectivity index (χ1n) is 6.70. The molecule has 2 N–H and O–H groups in total. The van der Waals surface area contributed by atoms with Crippen LogP contribution in [-0.2, 0) is 4.74 Å². The Bertz CT molecular complexity index is 585. The molecule has 1 aliphatic heterocycles. The normalized spacial score (nSPS) is 19.8. The van der Waals surface area contributed by atoms with Crippen LogP contribution < -0.4 is 10.6 Å². The number of anilines is 2. The number of nitrogens with two attached hydrogens (primary N) is 1. The zero-order chi connectivity index (χ0) is 13.2. The van der Waals surface area contributed by atoms with Gasteiger partial charge in [0.2, 0.25) is 0 Å². The molecule has 1 saturated heterocycles. The number of methoxy groups -OCH3 is 1. The van der Waals surface area contributed by atoms with Crippen LogP contribution in [0.1, 0.15) is 12.8 Å². The Labute approximate surface area is 113 Å². The van der Waals surface area contributed by atoms with Gasteiger partial charge in [0.1, 0.15) is 0 Å². The number of rotatable bonds is 2. The third-order valence-electron chi connectivity index (χ3n) is 3.83. The average molecular weight is 257 g/mol. The van der Waals surface area contributed by atoms with Crippen molar-refractivity contribution >= 4 is 22.3 Å². The van der Waals surface area contributed by atoms with Crippen molar-refractivity contribution in [3.05, 3.63) is 30.5 Å². The van der Waals surface area contributed by atoms with E-state index in [0.717, 1.165) is 48.2 Å². The number of ether oxygens (including phenoxy) is 1. The molecule has 4 nitrogen and oxygen atoms in total. The van der Waals surface area contributed by atoms with E-state index in [4.69, 9.17) is 10.5 Å². The number of nitrogen functional groups attached to an aromatic ring is 1. The Morgan fingerprint density at radius 3 is 3.11 bits per heavy atom. The number of fused-ring (bicyclic) bond motifs is 1. The fourth-order valence-electron chi connectivity index (χ4n) is 2.78. The SMILES string of the molecule is COC1CCCN(c2ccc(N)c3cccnc23)C1. The molecule has 0 radical (unpaired) electrons. The number of pyridine rings is 1. The fourth-order valence-corrected chi connectivity index (χ4v) is 2.78.